The summed E-state index contributed by atoms with van der Waals surface area (Å²) in [5, 5.41) is 0. The van der Waals surface area contributed by atoms with Gasteiger partial charge in [-0.05, 0) is 25.2 Å². The van der Waals surface area contributed by atoms with Gasteiger partial charge in [0.2, 0.25) is 0 Å². The first-order valence-corrected chi connectivity index (χ1v) is 6.73. The minimum Gasteiger partial charge on any atom is -0.0845 e. The minimum atomic E-state index is 0.762. The predicted octanol–water partition coefficient (Wildman–Crippen LogP) is 5.26. The molecule has 0 aliphatic heterocycles. The van der Waals surface area contributed by atoms with E-state index in [0.717, 1.165) is 5.92 Å². The lowest BCUT2D eigenvalue weighted by atomic mass is 10.0. The van der Waals surface area contributed by atoms with Gasteiger partial charge in [0.05, 0.1) is 0 Å². The molecule has 0 bridgehead atoms. The minimum absolute atomic E-state index is 0.762. The third-order valence-corrected chi connectivity index (χ3v) is 3.22. The van der Waals surface area contributed by atoms with Gasteiger partial charge in [0.1, 0.15) is 0 Å². The maximum Gasteiger partial charge on any atom is -0.0259 e. The molecule has 86 valence electrons. The Hall–Kier alpha value is -0.520. The SMILES string of the molecule is CC1C=CC=CCCCCCCCCC1. The van der Waals surface area contributed by atoms with Gasteiger partial charge in [-0.3, -0.25) is 0 Å². The molecule has 0 N–H and O–H groups in total. The molecule has 1 aliphatic carbocycles. The number of allylic oxidation sites excluding steroid dienone is 4. The number of hydrogen-bond donors (Lipinski definition) is 0. The van der Waals surface area contributed by atoms with Gasteiger partial charge in [0.25, 0.3) is 0 Å². The Morgan fingerprint density at radius 2 is 1.47 bits per heavy atom. The zero-order chi connectivity index (χ0) is 10.8. The second kappa shape index (κ2) is 8.76. The molecule has 0 saturated heterocycles. The Bertz CT molecular complexity index is 188. The Kier molecular flexibility index (Phi) is 7.33. The van der Waals surface area contributed by atoms with Crippen LogP contribution in [0.2, 0.25) is 0 Å². The fourth-order valence-electron chi connectivity index (χ4n) is 2.14. The van der Waals surface area contributed by atoms with E-state index in [0.29, 0.717) is 0 Å². The monoisotopic (exact) mass is 206 g/mol. The molecule has 0 radical (unpaired) electrons. The Balaban J connectivity index is 2.29. The summed E-state index contributed by atoms with van der Waals surface area (Å²) in [6.45, 7) is 2.33. The molecule has 1 rings (SSSR count). The lowest BCUT2D eigenvalue weighted by Gasteiger charge is -2.06. The van der Waals surface area contributed by atoms with Gasteiger partial charge in [0, 0.05) is 0 Å². The molecule has 0 aromatic carbocycles. The summed E-state index contributed by atoms with van der Waals surface area (Å²) >= 11 is 0. The molecular formula is C15H26. The van der Waals surface area contributed by atoms with Crippen LogP contribution >= 0.6 is 0 Å². The van der Waals surface area contributed by atoms with Crippen molar-refractivity contribution < 1.29 is 0 Å². The van der Waals surface area contributed by atoms with Crippen LogP contribution in [-0.2, 0) is 0 Å². The summed E-state index contributed by atoms with van der Waals surface area (Å²) in [7, 11) is 0. The van der Waals surface area contributed by atoms with Gasteiger partial charge in [-0.2, -0.15) is 0 Å². The molecule has 0 saturated carbocycles. The van der Waals surface area contributed by atoms with Gasteiger partial charge in [-0.15, -0.1) is 0 Å². The highest BCUT2D eigenvalue weighted by molar-refractivity contribution is 5.03. The van der Waals surface area contributed by atoms with E-state index in [2.05, 4.69) is 31.2 Å². The molecule has 0 fully saturated rings. The van der Waals surface area contributed by atoms with E-state index in [9.17, 15) is 0 Å². The van der Waals surface area contributed by atoms with Crippen molar-refractivity contribution in [2.24, 2.45) is 5.92 Å². The molecule has 1 aliphatic rings. The third-order valence-electron chi connectivity index (χ3n) is 3.22. The summed E-state index contributed by atoms with van der Waals surface area (Å²) in [6.07, 6.45) is 21.7. The van der Waals surface area contributed by atoms with Crippen LogP contribution in [-0.4, -0.2) is 0 Å². The first kappa shape index (κ1) is 12.5. The highest BCUT2D eigenvalue weighted by Gasteiger charge is 1.97. The molecule has 0 nitrogen and oxygen atoms in total. The summed E-state index contributed by atoms with van der Waals surface area (Å²) in [6, 6.07) is 0. The Labute approximate surface area is 95.5 Å². The Morgan fingerprint density at radius 1 is 0.800 bits per heavy atom. The topological polar surface area (TPSA) is 0 Å². The van der Waals surface area contributed by atoms with E-state index < -0.39 is 0 Å². The lowest BCUT2D eigenvalue weighted by molar-refractivity contribution is 0.534. The van der Waals surface area contributed by atoms with E-state index in [4.69, 9.17) is 0 Å². The average Bonchev–Trinajstić information content (AvgIpc) is 2.24. The zero-order valence-corrected chi connectivity index (χ0v) is 10.3. The highest BCUT2D eigenvalue weighted by Crippen LogP contribution is 2.14. The fourth-order valence-corrected chi connectivity index (χ4v) is 2.14. The standard InChI is InChI=1S/C15H26/c1-15-13-11-9-7-5-3-2-4-6-8-10-12-14-15/h7,9,11,13,15H,2-6,8,10,12,14H2,1H3. The van der Waals surface area contributed by atoms with Gasteiger partial charge in [0.15, 0.2) is 0 Å². The van der Waals surface area contributed by atoms with E-state index in [-0.39, 0.29) is 0 Å². The van der Waals surface area contributed by atoms with Crippen LogP contribution in [0.15, 0.2) is 24.3 Å². The maximum absolute atomic E-state index is 2.35. The van der Waals surface area contributed by atoms with Crippen LogP contribution < -0.4 is 0 Å². The van der Waals surface area contributed by atoms with Crippen LogP contribution in [0.5, 0.6) is 0 Å². The molecule has 0 heterocycles. The van der Waals surface area contributed by atoms with E-state index in [1.807, 2.05) is 0 Å². The van der Waals surface area contributed by atoms with Crippen molar-refractivity contribution in [3.05, 3.63) is 24.3 Å². The van der Waals surface area contributed by atoms with Crippen molar-refractivity contribution in [2.75, 3.05) is 0 Å². The van der Waals surface area contributed by atoms with Gasteiger partial charge in [-0.25, -0.2) is 0 Å². The molecule has 0 spiro atoms. The van der Waals surface area contributed by atoms with Gasteiger partial charge < -0.3 is 0 Å². The normalized spacial score (nSPS) is 26.1. The number of rotatable bonds is 0. The summed E-state index contributed by atoms with van der Waals surface area (Å²) in [5.74, 6) is 0.762. The zero-order valence-electron chi connectivity index (χ0n) is 10.3. The first-order chi connectivity index (χ1) is 7.39. The smallest absolute Gasteiger partial charge is 0.0259 e. The van der Waals surface area contributed by atoms with Crippen molar-refractivity contribution in [3.8, 4) is 0 Å². The van der Waals surface area contributed by atoms with E-state index in [1.54, 1.807) is 0 Å². The van der Waals surface area contributed by atoms with Crippen LogP contribution in [0.4, 0.5) is 0 Å². The summed E-state index contributed by atoms with van der Waals surface area (Å²) < 4.78 is 0. The van der Waals surface area contributed by atoms with Crippen molar-refractivity contribution in [1.29, 1.82) is 0 Å². The van der Waals surface area contributed by atoms with Gasteiger partial charge in [-0.1, -0.05) is 69.8 Å². The quantitative estimate of drug-likeness (QED) is 0.507. The second-order valence-electron chi connectivity index (χ2n) is 4.84. The third kappa shape index (κ3) is 7.41. The highest BCUT2D eigenvalue weighted by atomic mass is 14.0. The average molecular weight is 206 g/mol. The van der Waals surface area contributed by atoms with E-state index >= 15 is 0 Å². The maximum atomic E-state index is 2.35. The molecule has 0 amide bonds. The summed E-state index contributed by atoms with van der Waals surface area (Å²) in [4.78, 5) is 0. The molecular weight excluding hydrogens is 180 g/mol. The van der Waals surface area contributed by atoms with E-state index in [1.165, 1.54) is 57.8 Å². The lowest BCUT2D eigenvalue weighted by Crippen LogP contribution is -1.90. The molecule has 0 heteroatoms. The van der Waals surface area contributed by atoms with Crippen LogP contribution in [0, 0.1) is 5.92 Å². The van der Waals surface area contributed by atoms with Crippen molar-refractivity contribution in [2.45, 2.75) is 64.7 Å². The Morgan fingerprint density at radius 3 is 2.27 bits per heavy atom. The van der Waals surface area contributed by atoms with Crippen molar-refractivity contribution >= 4 is 0 Å². The van der Waals surface area contributed by atoms with Crippen LogP contribution in [0.25, 0.3) is 0 Å². The number of hydrogen-bond acceptors (Lipinski definition) is 0. The van der Waals surface area contributed by atoms with Crippen LogP contribution in [0.1, 0.15) is 64.7 Å². The van der Waals surface area contributed by atoms with Crippen molar-refractivity contribution in [1.82, 2.24) is 0 Å². The molecule has 0 aromatic rings. The molecule has 0 aromatic heterocycles. The van der Waals surface area contributed by atoms with Gasteiger partial charge >= 0.3 is 0 Å². The second-order valence-corrected chi connectivity index (χ2v) is 4.84. The summed E-state index contributed by atoms with van der Waals surface area (Å²) in [5.41, 5.74) is 0. The molecule has 15 heavy (non-hydrogen) atoms. The predicted molar refractivity (Wildman–Crippen MR) is 69.0 cm³/mol. The fraction of sp³-hybridized carbons (Fsp3) is 0.733. The molecule has 1 unspecified atom stereocenters. The largest absolute Gasteiger partial charge is 0.0845 e. The molecule has 1 atom stereocenters. The first-order valence-electron chi connectivity index (χ1n) is 6.73. The van der Waals surface area contributed by atoms with Crippen LogP contribution in [0.3, 0.4) is 0 Å². The van der Waals surface area contributed by atoms with Crippen molar-refractivity contribution in [3.63, 3.8) is 0 Å².